The fourth-order valence-electron chi connectivity index (χ4n) is 1.80. The van der Waals surface area contributed by atoms with Crippen molar-refractivity contribution in [3.8, 4) is 0 Å². The van der Waals surface area contributed by atoms with E-state index in [0.717, 1.165) is 19.4 Å². The smallest absolute Gasteiger partial charge is 0.0431 e. The summed E-state index contributed by atoms with van der Waals surface area (Å²) in [5, 5.41) is 12.6. The van der Waals surface area contributed by atoms with E-state index in [9.17, 15) is 0 Å². The molecule has 2 N–H and O–H groups in total. The Morgan fingerprint density at radius 3 is 2.35 bits per heavy atom. The largest absolute Gasteiger partial charge is 0.396 e. The molecule has 0 spiro atoms. The quantitative estimate of drug-likeness (QED) is 0.794. The first-order valence-electron chi connectivity index (χ1n) is 6.42. The van der Waals surface area contributed by atoms with E-state index in [4.69, 9.17) is 5.11 Å². The molecule has 0 heterocycles. The fourth-order valence-corrected chi connectivity index (χ4v) is 1.80. The van der Waals surface area contributed by atoms with Crippen LogP contribution in [0.15, 0.2) is 30.3 Å². The second-order valence-electron chi connectivity index (χ2n) is 5.77. The Morgan fingerprint density at radius 1 is 1.18 bits per heavy atom. The highest BCUT2D eigenvalue weighted by Gasteiger charge is 2.15. The molecule has 0 bridgehead atoms. The average Bonchev–Trinajstić information content (AvgIpc) is 2.29. The molecule has 1 aromatic rings. The van der Waals surface area contributed by atoms with E-state index in [1.165, 1.54) is 5.56 Å². The van der Waals surface area contributed by atoms with Crippen molar-refractivity contribution in [3.05, 3.63) is 35.9 Å². The van der Waals surface area contributed by atoms with Gasteiger partial charge in [-0.1, -0.05) is 51.1 Å². The predicted molar refractivity (Wildman–Crippen MR) is 73.0 cm³/mol. The molecule has 1 rings (SSSR count). The van der Waals surface area contributed by atoms with Crippen molar-refractivity contribution in [3.63, 3.8) is 0 Å². The first kappa shape index (κ1) is 14.2. The van der Waals surface area contributed by atoms with E-state index in [1.807, 2.05) is 6.07 Å². The normalized spacial score (nSPS) is 13.6. The van der Waals surface area contributed by atoms with Crippen LogP contribution in [-0.4, -0.2) is 18.3 Å². The van der Waals surface area contributed by atoms with Crippen LogP contribution in [0.4, 0.5) is 0 Å². The van der Waals surface area contributed by atoms with Gasteiger partial charge in [-0.2, -0.15) is 0 Å². The van der Waals surface area contributed by atoms with Gasteiger partial charge in [-0.25, -0.2) is 0 Å². The van der Waals surface area contributed by atoms with Gasteiger partial charge in [-0.05, 0) is 23.8 Å². The van der Waals surface area contributed by atoms with Crippen LogP contribution in [0.1, 0.15) is 45.2 Å². The van der Waals surface area contributed by atoms with Crippen molar-refractivity contribution < 1.29 is 5.11 Å². The van der Waals surface area contributed by atoms with Gasteiger partial charge in [0.05, 0.1) is 0 Å². The van der Waals surface area contributed by atoms with Crippen LogP contribution in [0.5, 0.6) is 0 Å². The zero-order valence-corrected chi connectivity index (χ0v) is 11.2. The van der Waals surface area contributed by atoms with Gasteiger partial charge in [0.25, 0.3) is 0 Å². The van der Waals surface area contributed by atoms with Crippen LogP contribution in [0.2, 0.25) is 0 Å². The van der Waals surface area contributed by atoms with Crippen LogP contribution in [-0.2, 0) is 0 Å². The molecule has 1 aromatic carbocycles. The molecule has 0 fully saturated rings. The molecule has 0 radical (unpaired) electrons. The molecule has 2 heteroatoms. The van der Waals surface area contributed by atoms with Crippen molar-refractivity contribution >= 4 is 0 Å². The van der Waals surface area contributed by atoms with Crippen molar-refractivity contribution in [1.82, 2.24) is 5.32 Å². The van der Waals surface area contributed by atoms with E-state index in [0.29, 0.717) is 6.04 Å². The molecule has 0 aromatic heterocycles. The third kappa shape index (κ3) is 5.85. The van der Waals surface area contributed by atoms with Gasteiger partial charge in [-0.15, -0.1) is 0 Å². The van der Waals surface area contributed by atoms with Gasteiger partial charge in [0.2, 0.25) is 0 Å². The second kappa shape index (κ2) is 6.77. The van der Waals surface area contributed by atoms with Crippen molar-refractivity contribution in [1.29, 1.82) is 0 Å². The molecule has 0 aliphatic carbocycles. The molecule has 1 atom stereocenters. The summed E-state index contributed by atoms with van der Waals surface area (Å²) < 4.78 is 0. The number of hydrogen-bond donors (Lipinski definition) is 2. The zero-order chi connectivity index (χ0) is 12.7. The number of rotatable bonds is 6. The third-order valence-corrected chi connectivity index (χ3v) is 2.73. The third-order valence-electron chi connectivity index (χ3n) is 2.73. The van der Waals surface area contributed by atoms with Gasteiger partial charge >= 0.3 is 0 Å². The maximum atomic E-state index is 8.96. The molecule has 1 unspecified atom stereocenters. The molecular formula is C15H25NO. The summed E-state index contributed by atoms with van der Waals surface area (Å²) in [5.74, 6) is 0. The number of hydrogen-bond acceptors (Lipinski definition) is 2. The van der Waals surface area contributed by atoms with Crippen LogP contribution in [0, 0.1) is 5.41 Å². The first-order valence-corrected chi connectivity index (χ1v) is 6.42. The number of benzene rings is 1. The summed E-state index contributed by atoms with van der Waals surface area (Å²) in [6.07, 6.45) is 1.83. The van der Waals surface area contributed by atoms with E-state index >= 15 is 0 Å². The zero-order valence-electron chi connectivity index (χ0n) is 11.2. The van der Waals surface area contributed by atoms with E-state index in [1.54, 1.807) is 0 Å². The van der Waals surface area contributed by atoms with Crippen LogP contribution < -0.4 is 5.32 Å². The van der Waals surface area contributed by atoms with E-state index in [2.05, 4.69) is 50.4 Å². The Morgan fingerprint density at radius 2 is 1.82 bits per heavy atom. The highest BCUT2D eigenvalue weighted by atomic mass is 16.2. The Balaban J connectivity index is 2.61. The lowest BCUT2D eigenvalue weighted by Crippen LogP contribution is -2.30. The molecule has 0 saturated carbocycles. The standard InChI is InChI=1S/C15H25NO/c1-15(2,3)12-16-14(10-7-11-17)13-8-5-4-6-9-13/h4-6,8-9,14,16-17H,7,10-12H2,1-3H3. The van der Waals surface area contributed by atoms with Crippen molar-refractivity contribution in [2.75, 3.05) is 13.2 Å². The summed E-state index contributed by atoms with van der Waals surface area (Å²) in [4.78, 5) is 0. The Labute approximate surface area is 105 Å². The molecular weight excluding hydrogens is 210 g/mol. The van der Waals surface area contributed by atoms with Crippen LogP contribution in [0.25, 0.3) is 0 Å². The summed E-state index contributed by atoms with van der Waals surface area (Å²) >= 11 is 0. The Hall–Kier alpha value is -0.860. The highest BCUT2D eigenvalue weighted by molar-refractivity contribution is 5.18. The Bertz CT molecular complexity index is 302. The maximum Gasteiger partial charge on any atom is 0.0431 e. The second-order valence-corrected chi connectivity index (χ2v) is 5.77. The van der Waals surface area contributed by atoms with Gasteiger partial charge in [-0.3, -0.25) is 0 Å². The summed E-state index contributed by atoms with van der Waals surface area (Å²) in [7, 11) is 0. The minimum absolute atomic E-state index is 0.264. The molecule has 96 valence electrons. The number of nitrogens with one attached hydrogen (secondary N) is 1. The van der Waals surface area contributed by atoms with Gasteiger partial charge < -0.3 is 10.4 Å². The number of aliphatic hydroxyl groups is 1. The molecule has 17 heavy (non-hydrogen) atoms. The SMILES string of the molecule is CC(C)(C)CNC(CCCO)c1ccccc1. The maximum absolute atomic E-state index is 8.96. The summed E-state index contributed by atoms with van der Waals surface area (Å²) in [6, 6.07) is 10.8. The van der Waals surface area contributed by atoms with Gasteiger partial charge in [0.1, 0.15) is 0 Å². The van der Waals surface area contributed by atoms with E-state index in [-0.39, 0.29) is 12.0 Å². The van der Waals surface area contributed by atoms with Crippen LogP contribution in [0.3, 0.4) is 0 Å². The summed E-state index contributed by atoms with van der Waals surface area (Å²) in [6.45, 7) is 7.94. The van der Waals surface area contributed by atoms with Gasteiger partial charge in [0, 0.05) is 19.2 Å². The minimum atomic E-state index is 0.264. The predicted octanol–water partition coefficient (Wildman–Crippen LogP) is 3.14. The molecule has 0 saturated heterocycles. The lowest BCUT2D eigenvalue weighted by molar-refractivity contribution is 0.269. The minimum Gasteiger partial charge on any atom is -0.396 e. The Kier molecular flexibility index (Phi) is 5.66. The summed E-state index contributed by atoms with van der Waals surface area (Å²) in [5.41, 5.74) is 1.59. The molecule has 2 nitrogen and oxygen atoms in total. The van der Waals surface area contributed by atoms with E-state index < -0.39 is 0 Å². The van der Waals surface area contributed by atoms with Gasteiger partial charge in [0.15, 0.2) is 0 Å². The average molecular weight is 235 g/mol. The van der Waals surface area contributed by atoms with Crippen molar-refractivity contribution in [2.45, 2.75) is 39.7 Å². The molecule has 0 amide bonds. The monoisotopic (exact) mass is 235 g/mol. The fraction of sp³-hybridized carbons (Fsp3) is 0.600. The molecule has 0 aliphatic heterocycles. The van der Waals surface area contributed by atoms with Crippen molar-refractivity contribution in [2.24, 2.45) is 5.41 Å². The lowest BCUT2D eigenvalue weighted by atomic mass is 9.95. The topological polar surface area (TPSA) is 32.3 Å². The molecule has 0 aliphatic rings. The first-order chi connectivity index (χ1) is 8.03. The lowest BCUT2D eigenvalue weighted by Gasteiger charge is -2.25. The van der Waals surface area contributed by atoms with Crippen LogP contribution >= 0.6 is 0 Å². The number of aliphatic hydroxyl groups excluding tert-OH is 1. The highest BCUT2D eigenvalue weighted by Crippen LogP contribution is 2.20.